The van der Waals surface area contributed by atoms with Crippen molar-refractivity contribution >= 4 is 29.3 Å². The van der Waals surface area contributed by atoms with Crippen molar-refractivity contribution in [1.82, 2.24) is 4.98 Å². The highest BCUT2D eigenvalue weighted by Gasteiger charge is 2.30. The van der Waals surface area contributed by atoms with Crippen LogP contribution in [-0.2, 0) is 19.1 Å². The average molecular weight is 550 g/mol. The molecule has 0 spiro atoms. The van der Waals surface area contributed by atoms with Crippen molar-refractivity contribution in [2.75, 3.05) is 13.9 Å². The third-order valence-corrected chi connectivity index (χ3v) is 5.85. The summed E-state index contributed by atoms with van der Waals surface area (Å²) < 4.78 is 27.6. The molecule has 0 fully saturated rings. The van der Waals surface area contributed by atoms with Crippen molar-refractivity contribution < 1.29 is 38.1 Å². The van der Waals surface area contributed by atoms with Gasteiger partial charge in [0.15, 0.2) is 23.0 Å². The Morgan fingerprint density at radius 3 is 2.32 bits per heavy atom. The third-order valence-electron chi connectivity index (χ3n) is 5.61. The van der Waals surface area contributed by atoms with Gasteiger partial charge in [0.1, 0.15) is 18.0 Å². The van der Waals surface area contributed by atoms with Crippen LogP contribution >= 0.6 is 11.6 Å². The van der Waals surface area contributed by atoms with E-state index in [2.05, 4.69) is 4.98 Å². The van der Waals surface area contributed by atoms with E-state index in [0.717, 1.165) is 0 Å². The minimum atomic E-state index is -0.774. The normalized spacial score (nSPS) is 13.4. The van der Waals surface area contributed by atoms with Crippen molar-refractivity contribution in [2.24, 2.45) is 17.8 Å². The van der Waals surface area contributed by atoms with E-state index in [4.69, 9.17) is 35.3 Å². The Morgan fingerprint density at radius 2 is 1.71 bits per heavy atom. The number of carbonyl (C=O) groups excluding carboxylic acids is 3. The molecule has 2 aromatic rings. The highest BCUT2D eigenvalue weighted by atomic mass is 35.5. The molecule has 9 nitrogen and oxygen atoms in total. The number of nitrogens with zero attached hydrogens (tertiary/aromatic N) is 1. The molecule has 0 radical (unpaired) electrons. The molecule has 38 heavy (non-hydrogen) atoms. The Morgan fingerprint density at radius 1 is 1.00 bits per heavy atom. The van der Waals surface area contributed by atoms with E-state index >= 15 is 0 Å². The van der Waals surface area contributed by atoms with Crippen LogP contribution in [0.4, 0.5) is 0 Å². The molecule has 0 aliphatic rings. The number of ether oxygens (including phenoxy) is 5. The molecule has 0 unspecified atom stereocenters. The molecular formula is C28H36ClNO8. The van der Waals surface area contributed by atoms with Gasteiger partial charge in [0.25, 0.3) is 0 Å². The van der Waals surface area contributed by atoms with Crippen LogP contribution < -0.4 is 14.2 Å². The molecule has 3 atom stereocenters. The number of aromatic nitrogens is 1. The number of benzene rings is 1. The van der Waals surface area contributed by atoms with Gasteiger partial charge in [-0.2, -0.15) is 0 Å². The summed E-state index contributed by atoms with van der Waals surface area (Å²) in [4.78, 5) is 41.9. The van der Waals surface area contributed by atoms with Crippen LogP contribution in [0.5, 0.6) is 17.2 Å². The van der Waals surface area contributed by atoms with Crippen LogP contribution in [-0.4, -0.2) is 48.8 Å². The van der Waals surface area contributed by atoms with Gasteiger partial charge in [-0.05, 0) is 31.0 Å². The van der Waals surface area contributed by atoms with E-state index in [9.17, 15) is 14.4 Å². The van der Waals surface area contributed by atoms with Gasteiger partial charge in [-0.1, -0.05) is 52.3 Å². The standard InChI is InChI=1S/C28H36ClNO8/c1-16(2)25(38-21-10-8-9-20(29)14-21)19(6)37-28(33)18(5)13-22(31)24-26(23(34-7)11-12-30-24)35-15-36-27(32)17(3)4/h8-12,14,16-19,25H,13,15H2,1-7H3/t18-,19+,25-/m1/s1. The number of hydrogen-bond acceptors (Lipinski definition) is 9. The first-order valence-corrected chi connectivity index (χ1v) is 12.8. The first-order chi connectivity index (χ1) is 17.9. The molecule has 0 amide bonds. The Hall–Kier alpha value is -3.33. The lowest BCUT2D eigenvalue weighted by molar-refractivity contribution is -0.158. The second-order valence-electron chi connectivity index (χ2n) is 9.53. The summed E-state index contributed by atoms with van der Waals surface area (Å²) in [6.07, 6.45) is 0.178. The molecular weight excluding hydrogens is 514 g/mol. The van der Waals surface area contributed by atoms with Crippen LogP contribution in [0.25, 0.3) is 0 Å². The molecule has 0 saturated carbocycles. The summed E-state index contributed by atoms with van der Waals surface area (Å²) in [5.41, 5.74) is -0.0398. The van der Waals surface area contributed by atoms with Crippen molar-refractivity contribution in [1.29, 1.82) is 0 Å². The Balaban J connectivity index is 2.07. The van der Waals surface area contributed by atoms with E-state index in [1.54, 1.807) is 52.0 Å². The quantitative estimate of drug-likeness (QED) is 0.171. The van der Waals surface area contributed by atoms with Crippen molar-refractivity contribution in [3.63, 3.8) is 0 Å². The van der Waals surface area contributed by atoms with Crippen molar-refractivity contribution in [3.8, 4) is 17.2 Å². The minimum absolute atomic E-state index is 0.0270. The second-order valence-corrected chi connectivity index (χ2v) is 9.96. The molecule has 208 valence electrons. The zero-order valence-corrected chi connectivity index (χ0v) is 23.6. The molecule has 10 heteroatoms. The predicted octanol–water partition coefficient (Wildman–Crippen LogP) is 5.52. The fourth-order valence-electron chi connectivity index (χ4n) is 3.54. The number of carbonyl (C=O) groups is 3. The Kier molecular flexibility index (Phi) is 11.8. The molecule has 0 aliphatic heterocycles. The maximum atomic E-state index is 13.1. The summed E-state index contributed by atoms with van der Waals surface area (Å²) in [5, 5.41) is 0.536. The topological polar surface area (TPSA) is 110 Å². The number of hydrogen-bond donors (Lipinski definition) is 0. The van der Waals surface area contributed by atoms with E-state index < -0.39 is 42.6 Å². The predicted molar refractivity (Wildman–Crippen MR) is 142 cm³/mol. The van der Waals surface area contributed by atoms with Gasteiger partial charge >= 0.3 is 11.9 Å². The fourth-order valence-corrected chi connectivity index (χ4v) is 3.72. The number of halogens is 1. The highest BCUT2D eigenvalue weighted by Crippen LogP contribution is 2.31. The van der Waals surface area contributed by atoms with Gasteiger partial charge in [-0.3, -0.25) is 14.4 Å². The third kappa shape index (κ3) is 8.90. The number of pyridine rings is 1. The summed E-state index contributed by atoms with van der Waals surface area (Å²) in [5.74, 6) is -1.71. The fraction of sp³-hybridized carbons (Fsp3) is 0.500. The molecule has 0 N–H and O–H groups in total. The highest BCUT2D eigenvalue weighted by molar-refractivity contribution is 6.30. The van der Waals surface area contributed by atoms with Gasteiger partial charge in [0.2, 0.25) is 6.79 Å². The second kappa shape index (κ2) is 14.6. The van der Waals surface area contributed by atoms with Gasteiger partial charge in [-0.15, -0.1) is 0 Å². The number of rotatable bonds is 14. The van der Waals surface area contributed by atoms with E-state index in [1.807, 2.05) is 13.8 Å². The number of esters is 2. The molecule has 1 aromatic carbocycles. The number of methoxy groups -OCH3 is 1. The monoisotopic (exact) mass is 549 g/mol. The zero-order valence-electron chi connectivity index (χ0n) is 22.9. The van der Waals surface area contributed by atoms with Gasteiger partial charge in [-0.25, -0.2) is 4.98 Å². The van der Waals surface area contributed by atoms with Crippen molar-refractivity contribution in [3.05, 3.63) is 47.2 Å². The summed E-state index contributed by atoms with van der Waals surface area (Å²) in [6, 6.07) is 8.51. The smallest absolute Gasteiger partial charge is 0.311 e. The maximum absolute atomic E-state index is 13.1. The van der Waals surface area contributed by atoms with Crippen LogP contribution in [0.3, 0.4) is 0 Å². The number of Topliss-reactive ketones (excluding diaryl/α,β-unsaturated/α-hetero) is 1. The SMILES string of the molecule is COc1ccnc(C(=O)C[C@@H](C)C(=O)O[C@@H](C)[C@H](Oc2cccc(Cl)c2)C(C)C)c1OCOC(=O)C(C)C. The number of ketones is 1. The molecule has 1 aromatic heterocycles. The largest absolute Gasteiger partial charge is 0.493 e. The lowest BCUT2D eigenvalue weighted by Gasteiger charge is -2.29. The maximum Gasteiger partial charge on any atom is 0.311 e. The Bertz CT molecular complexity index is 1100. The van der Waals surface area contributed by atoms with Crippen LogP contribution in [0, 0.1) is 17.8 Å². The summed E-state index contributed by atoms with van der Waals surface area (Å²) >= 11 is 6.06. The Labute approximate surface area is 228 Å². The lowest BCUT2D eigenvalue weighted by Crippen LogP contribution is -2.38. The zero-order chi connectivity index (χ0) is 28.4. The molecule has 0 bridgehead atoms. The molecule has 2 rings (SSSR count). The van der Waals surface area contributed by atoms with Crippen LogP contribution in [0.1, 0.15) is 58.5 Å². The van der Waals surface area contributed by atoms with Crippen LogP contribution in [0.15, 0.2) is 36.5 Å². The van der Waals surface area contributed by atoms with Gasteiger partial charge in [0.05, 0.1) is 18.9 Å². The first kappa shape index (κ1) is 30.9. The summed E-state index contributed by atoms with van der Waals surface area (Å²) in [6.45, 7) is 10.2. The first-order valence-electron chi connectivity index (χ1n) is 12.4. The minimum Gasteiger partial charge on any atom is -0.493 e. The van der Waals surface area contributed by atoms with Crippen molar-refractivity contribution in [2.45, 2.75) is 60.2 Å². The van der Waals surface area contributed by atoms with E-state index in [0.29, 0.717) is 10.8 Å². The lowest BCUT2D eigenvalue weighted by atomic mass is 10.0. The van der Waals surface area contributed by atoms with E-state index in [-0.39, 0.29) is 35.4 Å². The summed E-state index contributed by atoms with van der Waals surface area (Å²) in [7, 11) is 1.41. The van der Waals surface area contributed by atoms with Gasteiger partial charge < -0.3 is 23.7 Å². The van der Waals surface area contributed by atoms with E-state index in [1.165, 1.54) is 19.4 Å². The molecule has 0 saturated heterocycles. The molecule has 0 aliphatic carbocycles. The average Bonchev–Trinajstić information content (AvgIpc) is 2.86. The van der Waals surface area contributed by atoms with Crippen LogP contribution in [0.2, 0.25) is 5.02 Å². The molecule has 1 heterocycles. The van der Waals surface area contributed by atoms with Gasteiger partial charge in [0, 0.05) is 23.7 Å².